The minimum Gasteiger partial charge on any atom is -0.353 e. The summed E-state index contributed by atoms with van der Waals surface area (Å²) in [4.78, 5) is 14.0. The molecule has 1 aliphatic rings. The van der Waals surface area contributed by atoms with E-state index in [9.17, 15) is 4.79 Å². The molecule has 4 heteroatoms. The standard InChI is InChI=1S/C15H31N3O/c1-12(2)9-16-10-14-5-7-18(8-6-14)11-15(19)17-13(3)4/h12-14,16H,5-11H2,1-4H3,(H,17,19). The zero-order valence-electron chi connectivity index (χ0n) is 13.0. The molecule has 1 aliphatic heterocycles. The lowest BCUT2D eigenvalue weighted by Gasteiger charge is -2.31. The van der Waals surface area contributed by atoms with Crippen LogP contribution in [0, 0.1) is 11.8 Å². The Balaban J connectivity index is 2.13. The van der Waals surface area contributed by atoms with Crippen LogP contribution in [-0.4, -0.2) is 49.6 Å². The Kier molecular flexibility index (Phi) is 7.39. The quantitative estimate of drug-likeness (QED) is 0.735. The first-order chi connectivity index (χ1) is 8.97. The van der Waals surface area contributed by atoms with E-state index >= 15 is 0 Å². The lowest BCUT2D eigenvalue weighted by atomic mass is 9.96. The van der Waals surface area contributed by atoms with Crippen molar-refractivity contribution >= 4 is 5.91 Å². The Hall–Kier alpha value is -0.610. The Morgan fingerprint density at radius 1 is 1.21 bits per heavy atom. The van der Waals surface area contributed by atoms with Crippen LogP contribution in [0.5, 0.6) is 0 Å². The fraction of sp³-hybridized carbons (Fsp3) is 0.933. The summed E-state index contributed by atoms with van der Waals surface area (Å²) in [5, 5.41) is 6.49. The van der Waals surface area contributed by atoms with Crippen molar-refractivity contribution in [2.75, 3.05) is 32.7 Å². The van der Waals surface area contributed by atoms with Gasteiger partial charge in [-0.1, -0.05) is 13.8 Å². The number of rotatable bonds is 7. The molecule has 0 saturated carbocycles. The van der Waals surface area contributed by atoms with E-state index in [4.69, 9.17) is 0 Å². The highest BCUT2D eigenvalue weighted by atomic mass is 16.2. The number of hydrogen-bond acceptors (Lipinski definition) is 3. The van der Waals surface area contributed by atoms with Gasteiger partial charge in [0.2, 0.25) is 5.91 Å². The normalized spacial score (nSPS) is 18.2. The van der Waals surface area contributed by atoms with Gasteiger partial charge in [-0.3, -0.25) is 9.69 Å². The van der Waals surface area contributed by atoms with E-state index in [2.05, 4.69) is 29.4 Å². The number of amides is 1. The molecule has 0 aromatic carbocycles. The molecular weight excluding hydrogens is 238 g/mol. The average Bonchev–Trinajstić information content (AvgIpc) is 2.29. The van der Waals surface area contributed by atoms with Gasteiger partial charge in [0.1, 0.15) is 0 Å². The smallest absolute Gasteiger partial charge is 0.234 e. The summed E-state index contributed by atoms with van der Waals surface area (Å²) in [7, 11) is 0. The number of carbonyl (C=O) groups is 1. The summed E-state index contributed by atoms with van der Waals surface area (Å²) in [5.41, 5.74) is 0. The van der Waals surface area contributed by atoms with Crippen molar-refractivity contribution in [2.24, 2.45) is 11.8 Å². The molecule has 1 rings (SSSR count). The van der Waals surface area contributed by atoms with E-state index in [0.717, 1.165) is 38.0 Å². The topological polar surface area (TPSA) is 44.4 Å². The number of hydrogen-bond donors (Lipinski definition) is 2. The summed E-state index contributed by atoms with van der Waals surface area (Å²) >= 11 is 0. The predicted octanol–water partition coefficient (Wildman–Crippen LogP) is 1.47. The molecule has 0 radical (unpaired) electrons. The highest BCUT2D eigenvalue weighted by Crippen LogP contribution is 2.16. The van der Waals surface area contributed by atoms with Crippen molar-refractivity contribution in [1.82, 2.24) is 15.5 Å². The van der Waals surface area contributed by atoms with Gasteiger partial charge in [0.05, 0.1) is 6.54 Å². The Morgan fingerprint density at radius 2 is 1.84 bits per heavy atom. The molecule has 1 fully saturated rings. The van der Waals surface area contributed by atoms with Gasteiger partial charge in [-0.2, -0.15) is 0 Å². The fourth-order valence-corrected chi connectivity index (χ4v) is 2.50. The molecule has 0 spiro atoms. The molecule has 112 valence electrons. The first-order valence-corrected chi connectivity index (χ1v) is 7.69. The van der Waals surface area contributed by atoms with Crippen molar-refractivity contribution in [3.63, 3.8) is 0 Å². The van der Waals surface area contributed by atoms with Crippen LogP contribution in [0.1, 0.15) is 40.5 Å². The van der Waals surface area contributed by atoms with Crippen LogP contribution in [0.25, 0.3) is 0 Å². The van der Waals surface area contributed by atoms with Crippen LogP contribution in [0.4, 0.5) is 0 Å². The molecule has 19 heavy (non-hydrogen) atoms. The summed E-state index contributed by atoms with van der Waals surface area (Å²) in [6, 6.07) is 0.241. The van der Waals surface area contributed by atoms with Gasteiger partial charge in [-0.15, -0.1) is 0 Å². The highest BCUT2D eigenvalue weighted by Gasteiger charge is 2.20. The molecule has 0 aliphatic carbocycles. The Bertz CT molecular complexity index is 258. The maximum Gasteiger partial charge on any atom is 0.234 e. The van der Waals surface area contributed by atoms with E-state index in [0.29, 0.717) is 6.54 Å². The number of carbonyl (C=O) groups excluding carboxylic acids is 1. The molecular formula is C15H31N3O. The molecule has 1 amide bonds. The molecule has 0 aromatic heterocycles. The van der Waals surface area contributed by atoms with Crippen molar-refractivity contribution < 1.29 is 4.79 Å². The molecule has 0 aromatic rings. The average molecular weight is 269 g/mol. The number of nitrogens with one attached hydrogen (secondary N) is 2. The van der Waals surface area contributed by atoms with Gasteiger partial charge in [-0.05, 0) is 64.7 Å². The molecule has 0 unspecified atom stereocenters. The van der Waals surface area contributed by atoms with E-state index in [1.54, 1.807) is 0 Å². The Labute approximate surface area is 118 Å². The van der Waals surface area contributed by atoms with Crippen molar-refractivity contribution in [3.8, 4) is 0 Å². The van der Waals surface area contributed by atoms with Gasteiger partial charge < -0.3 is 10.6 Å². The first kappa shape index (κ1) is 16.4. The summed E-state index contributed by atoms with van der Waals surface area (Å²) in [6.45, 7) is 13.4. The van der Waals surface area contributed by atoms with Gasteiger partial charge >= 0.3 is 0 Å². The van der Waals surface area contributed by atoms with Gasteiger partial charge in [0.25, 0.3) is 0 Å². The minimum absolute atomic E-state index is 0.159. The fourth-order valence-electron chi connectivity index (χ4n) is 2.50. The lowest BCUT2D eigenvalue weighted by Crippen LogP contribution is -2.44. The summed E-state index contributed by atoms with van der Waals surface area (Å²) < 4.78 is 0. The monoisotopic (exact) mass is 269 g/mol. The molecule has 2 N–H and O–H groups in total. The van der Waals surface area contributed by atoms with Crippen molar-refractivity contribution in [1.29, 1.82) is 0 Å². The van der Waals surface area contributed by atoms with Crippen LogP contribution in [0.2, 0.25) is 0 Å². The summed E-state index contributed by atoms with van der Waals surface area (Å²) in [6.07, 6.45) is 2.42. The van der Waals surface area contributed by atoms with Crippen LogP contribution in [-0.2, 0) is 4.79 Å². The number of nitrogens with zero attached hydrogens (tertiary/aromatic N) is 1. The lowest BCUT2D eigenvalue weighted by molar-refractivity contribution is -0.123. The van der Waals surface area contributed by atoms with E-state index < -0.39 is 0 Å². The van der Waals surface area contributed by atoms with Crippen molar-refractivity contribution in [2.45, 2.75) is 46.6 Å². The second-order valence-electron chi connectivity index (χ2n) is 6.49. The maximum atomic E-state index is 11.7. The van der Waals surface area contributed by atoms with Gasteiger partial charge in [-0.25, -0.2) is 0 Å². The third-order valence-electron chi connectivity index (χ3n) is 3.51. The molecule has 1 heterocycles. The second kappa shape index (κ2) is 8.54. The number of piperidine rings is 1. The minimum atomic E-state index is 0.159. The largest absolute Gasteiger partial charge is 0.353 e. The van der Waals surface area contributed by atoms with Crippen LogP contribution < -0.4 is 10.6 Å². The van der Waals surface area contributed by atoms with Crippen LogP contribution >= 0.6 is 0 Å². The highest BCUT2D eigenvalue weighted by molar-refractivity contribution is 5.78. The van der Waals surface area contributed by atoms with Crippen LogP contribution in [0.15, 0.2) is 0 Å². The van der Waals surface area contributed by atoms with E-state index in [1.165, 1.54) is 12.8 Å². The molecule has 4 nitrogen and oxygen atoms in total. The molecule has 0 bridgehead atoms. The second-order valence-corrected chi connectivity index (χ2v) is 6.49. The maximum absolute atomic E-state index is 11.7. The van der Waals surface area contributed by atoms with E-state index in [1.807, 2.05) is 13.8 Å². The molecule has 0 atom stereocenters. The van der Waals surface area contributed by atoms with Gasteiger partial charge in [0, 0.05) is 6.04 Å². The third kappa shape index (κ3) is 7.53. The first-order valence-electron chi connectivity index (χ1n) is 7.69. The SMILES string of the molecule is CC(C)CNCC1CCN(CC(=O)NC(C)C)CC1. The van der Waals surface area contributed by atoms with E-state index in [-0.39, 0.29) is 11.9 Å². The number of likely N-dealkylation sites (tertiary alicyclic amines) is 1. The molecule has 1 saturated heterocycles. The zero-order chi connectivity index (χ0) is 14.3. The predicted molar refractivity (Wildman–Crippen MR) is 80.2 cm³/mol. The third-order valence-corrected chi connectivity index (χ3v) is 3.51. The zero-order valence-corrected chi connectivity index (χ0v) is 13.0. The van der Waals surface area contributed by atoms with Crippen LogP contribution in [0.3, 0.4) is 0 Å². The summed E-state index contributed by atoms with van der Waals surface area (Å²) in [5.74, 6) is 1.66. The Morgan fingerprint density at radius 3 is 2.37 bits per heavy atom. The van der Waals surface area contributed by atoms with Crippen molar-refractivity contribution in [3.05, 3.63) is 0 Å². The van der Waals surface area contributed by atoms with Gasteiger partial charge in [0.15, 0.2) is 0 Å².